The number of hydrogen-bond donors (Lipinski definition) is 2. The van der Waals surface area contributed by atoms with Crippen molar-refractivity contribution in [3.8, 4) is 0 Å². The van der Waals surface area contributed by atoms with Crippen LogP contribution < -0.4 is 5.73 Å². The van der Waals surface area contributed by atoms with Crippen LogP contribution in [0, 0.1) is 10.1 Å². The molecule has 3 N–H and O–H groups in total. The first kappa shape index (κ1) is 17.2. The Morgan fingerprint density at radius 3 is 2.61 bits per heavy atom. The molecule has 1 aromatic rings. The third kappa shape index (κ3) is 5.50. The number of aliphatic hydroxyl groups excluding tert-OH is 1. The van der Waals surface area contributed by atoms with E-state index in [2.05, 4.69) is 10.1 Å². The van der Waals surface area contributed by atoms with Gasteiger partial charge in [0, 0.05) is 24.2 Å². The Bertz CT molecular complexity index is 541. The molecule has 1 unspecified atom stereocenters. The molecule has 1 atom stereocenters. The predicted octanol–water partition coefficient (Wildman–Crippen LogP) is 1.08. The number of non-ortho nitro benzene ring substituents is 1. The zero-order valence-electron chi connectivity index (χ0n) is 12.9. The normalized spacial score (nSPS) is 17.7. The van der Waals surface area contributed by atoms with Crippen molar-refractivity contribution in [1.29, 1.82) is 0 Å². The standard InChI is InChI=1S/C15H22N4O4/c16-15(12-4-6-13(7-5-12)19(21)22)17-23-11-14(20)10-18-8-2-1-3-9-18/h4-7,14,20H,1-3,8-11H2,(H2,16,17). The fourth-order valence-corrected chi connectivity index (χ4v) is 2.49. The van der Waals surface area contributed by atoms with Crippen molar-refractivity contribution in [3.63, 3.8) is 0 Å². The van der Waals surface area contributed by atoms with Crippen molar-refractivity contribution in [1.82, 2.24) is 4.90 Å². The molecule has 0 saturated carbocycles. The second kappa shape index (κ2) is 8.44. The number of nitrogens with two attached hydrogens (primary N) is 1. The highest BCUT2D eigenvalue weighted by Crippen LogP contribution is 2.12. The minimum absolute atomic E-state index is 0.0144. The van der Waals surface area contributed by atoms with E-state index >= 15 is 0 Å². The van der Waals surface area contributed by atoms with Gasteiger partial charge in [-0.25, -0.2) is 0 Å². The summed E-state index contributed by atoms with van der Waals surface area (Å²) >= 11 is 0. The van der Waals surface area contributed by atoms with Gasteiger partial charge >= 0.3 is 0 Å². The fourth-order valence-electron chi connectivity index (χ4n) is 2.49. The summed E-state index contributed by atoms with van der Waals surface area (Å²) in [7, 11) is 0. The molecule has 0 radical (unpaired) electrons. The van der Waals surface area contributed by atoms with E-state index in [-0.39, 0.29) is 18.1 Å². The van der Waals surface area contributed by atoms with Crippen LogP contribution in [0.15, 0.2) is 29.4 Å². The Balaban J connectivity index is 1.78. The number of nitrogens with zero attached hydrogens (tertiary/aromatic N) is 3. The Morgan fingerprint density at radius 1 is 1.35 bits per heavy atom. The maximum Gasteiger partial charge on any atom is 0.269 e. The van der Waals surface area contributed by atoms with Gasteiger partial charge in [0.05, 0.1) is 4.92 Å². The van der Waals surface area contributed by atoms with Gasteiger partial charge in [-0.05, 0) is 38.1 Å². The Morgan fingerprint density at radius 2 is 2.00 bits per heavy atom. The highest BCUT2D eigenvalue weighted by atomic mass is 16.6. The molecule has 1 saturated heterocycles. The highest BCUT2D eigenvalue weighted by Gasteiger charge is 2.15. The highest BCUT2D eigenvalue weighted by molar-refractivity contribution is 5.97. The van der Waals surface area contributed by atoms with Crippen molar-refractivity contribution in [2.75, 3.05) is 26.2 Å². The van der Waals surface area contributed by atoms with Gasteiger partial charge in [-0.1, -0.05) is 11.6 Å². The second-order valence-corrected chi connectivity index (χ2v) is 5.59. The number of piperidine rings is 1. The van der Waals surface area contributed by atoms with Gasteiger partial charge in [0.15, 0.2) is 5.84 Å². The SMILES string of the molecule is N/C(=N\OCC(O)CN1CCCCC1)c1ccc([N+](=O)[O-])cc1. The van der Waals surface area contributed by atoms with Crippen LogP contribution in [0.4, 0.5) is 5.69 Å². The van der Waals surface area contributed by atoms with Gasteiger partial charge in [0.2, 0.25) is 0 Å². The van der Waals surface area contributed by atoms with Crippen LogP contribution >= 0.6 is 0 Å². The molecule has 1 aliphatic rings. The number of amidine groups is 1. The lowest BCUT2D eigenvalue weighted by molar-refractivity contribution is -0.384. The fraction of sp³-hybridized carbons (Fsp3) is 0.533. The third-order valence-electron chi connectivity index (χ3n) is 3.72. The molecule has 1 aromatic carbocycles. The smallest absolute Gasteiger partial charge is 0.269 e. The number of aliphatic hydroxyl groups is 1. The summed E-state index contributed by atoms with van der Waals surface area (Å²) in [6, 6.07) is 5.71. The Labute approximate surface area is 134 Å². The van der Waals surface area contributed by atoms with E-state index in [0.29, 0.717) is 12.1 Å². The maximum atomic E-state index is 10.6. The lowest BCUT2D eigenvalue weighted by Gasteiger charge is -2.27. The van der Waals surface area contributed by atoms with E-state index in [0.717, 1.165) is 13.1 Å². The maximum absolute atomic E-state index is 10.6. The van der Waals surface area contributed by atoms with Crippen LogP contribution in [-0.2, 0) is 4.84 Å². The van der Waals surface area contributed by atoms with Crippen molar-refractivity contribution in [2.45, 2.75) is 25.4 Å². The van der Waals surface area contributed by atoms with Crippen LogP contribution in [0.5, 0.6) is 0 Å². The van der Waals surface area contributed by atoms with Crippen molar-refractivity contribution in [2.24, 2.45) is 10.9 Å². The van der Waals surface area contributed by atoms with Gasteiger partial charge in [-0.3, -0.25) is 10.1 Å². The lowest BCUT2D eigenvalue weighted by Crippen LogP contribution is -2.38. The van der Waals surface area contributed by atoms with E-state index in [1.807, 2.05) is 0 Å². The molecule has 23 heavy (non-hydrogen) atoms. The molecule has 0 aromatic heterocycles. The Hall–Kier alpha value is -2.19. The number of nitro groups is 1. The van der Waals surface area contributed by atoms with E-state index in [4.69, 9.17) is 10.6 Å². The third-order valence-corrected chi connectivity index (χ3v) is 3.72. The van der Waals surface area contributed by atoms with Gasteiger partial charge in [0.25, 0.3) is 5.69 Å². The monoisotopic (exact) mass is 322 g/mol. The first-order valence-corrected chi connectivity index (χ1v) is 7.67. The van der Waals surface area contributed by atoms with Crippen LogP contribution in [0.3, 0.4) is 0 Å². The van der Waals surface area contributed by atoms with Crippen LogP contribution in [0.2, 0.25) is 0 Å². The number of β-amino-alcohol motifs (C(OH)–C–C–N with tert-alkyl or cyclic N) is 1. The summed E-state index contributed by atoms with van der Waals surface area (Å²) in [5.41, 5.74) is 6.27. The topological polar surface area (TPSA) is 114 Å². The largest absolute Gasteiger partial charge is 0.391 e. The zero-order valence-corrected chi connectivity index (χ0v) is 12.9. The molecule has 2 rings (SSSR count). The summed E-state index contributed by atoms with van der Waals surface area (Å²) in [5.74, 6) is 0.116. The van der Waals surface area contributed by atoms with E-state index in [1.165, 1.54) is 43.5 Å². The molecule has 1 heterocycles. The molecule has 0 spiro atoms. The number of benzene rings is 1. The molecular formula is C15H22N4O4. The summed E-state index contributed by atoms with van der Waals surface area (Å²) < 4.78 is 0. The van der Waals surface area contributed by atoms with Crippen LogP contribution in [-0.4, -0.2) is 53.1 Å². The molecule has 126 valence electrons. The average molecular weight is 322 g/mol. The molecule has 8 heteroatoms. The number of rotatable bonds is 7. The van der Waals surface area contributed by atoms with Gasteiger partial charge < -0.3 is 20.6 Å². The number of hydrogen-bond acceptors (Lipinski definition) is 6. The van der Waals surface area contributed by atoms with E-state index in [1.54, 1.807) is 0 Å². The number of likely N-dealkylation sites (tertiary alicyclic amines) is 1. The first-order chi connectivity index (χ1) is 11.1. The summed E-state index contributed by atoms with van der Waals surface area (Å²) in [6.07, 6.45) is 2.96. The molecule has 0 amide bonds. The summed E-state index contributed by atoms with van der Waals surface area (Å²) in [5, 5.41) is 24.3. The minimum atomic E-state index is -0.624. The van der Waals surface area contributed by atoms with Crippen molar-refractivity contribution >= 4 is 11.5 Å². The van der Waals surface area contributed by atoms with Crippen molar-refractivity contribution < 1.29 is 14.9 Å². The quantitative estimate of drug-likeness (QED) is 0.336. The molecule has 1 aliphatic heterocycles. The predicted molar refractivity (Wildman–Crippen MR) is 86.1 cm³/mol. The zero-order chi connectivity index (χ0) is 16.7. The molecule has 1 fully saturated rings. The van der Waals surface area contributed by atoms with E-state index < -0.39 is 11.0 Å². The van der Waals surface area contributed by atoms with E-state index in [9.17, 15) is 15.2 Å². The molecular weight excluding hydrogens is 300 g/mol. The minimum Gasteiger partial charge on any atom is -0.391 e. The number of nitro benzene ring substituents is 1. The Kier molecular flexibility index (Phi) is 6.30. The van der Waals surface area contributed by atoms with Gasteiger partial charge in [-0.15, -0.1) is 0 Å². The average Bonchev–Trinajstić information content (AvgIpc) is 2.55. The van der Waals surface area contributed by atoms with Gasteiger partial charge in [-0.2, -0.15) is 0 Å². The van der Waals surface area contributed by atoms with Crippen LogP contribution in [0.25, 0.3) is 0 Å². The molecule has 0 aliphatic carbocycles. The molecule has 8 nitrogen and oxygen atoms in total. The lowest BCUT2D eigenvalue weighted by atomic mass is 10.1. The van der Waals surface area contributed by atoms with Crippen LogP contribution in [0.1, 0.15) is 24.8 Å². The second-order valence-electron chi connectivity index (χ2n) is 5.59. The van der Waals surface area contributed by atoms with Crippen molar-refractivity contribution in [3.05, 3.63) is 39.9 Å². The summed E-state index contributed by atoms with van der Waals surface area (Å²) in [4.78, 5) is 17.4. The molecule has 0 bridgehead atoms. The first-order valence-electron chi connectivity index (χ1n) is 7.67. The van der Waals surface area contributed by atoms with Gasteiger partial charge in [0.1, 0.15) is 12.7 Å². The summed E-state index contributed by atoms with van der Waals surface area (Å²) in [6.45, 7) is 2.63. The number of oxime groups is 1.